The van der Waals surface area contributed by atoms with E-state index in [1.54, 1.807) is 7.05 Å². The summed E-state index contributed by atoms with van der Waals surface area (Å²) in [6, 6.07) is 0. The average Bonchev–Trinajstić information content (AvgIpc) is 1.87. The minimum absolute atomic E-state index is 0. The van der Waals surface area contributed by atoms with Gasteiger partial charge in [0.2, 0.25) is 0 Å². The molecule has 0 heterocycles. The summed E-state index contributed by atoms with van der Waals surface area (Å²) in [5.41, 5.74) is 0. The van der Waals surface area contributed by atoms with Gasteiger partial charge >= 0.3 is 26.4 Å². The normalized spacial score (nSPS) is 6.69. The quantitative estimate of drug-likeness (QED) is 0.199. The molecule has 0 fully saturated rings. The minimum Gasteiger partial charge on any atom is -1.00 e. The minimum atomic E-state index is -0.320. The van der Waals surface area contributed by atoms with Gasteiger partial charge in [0.25, 0.3) is 0 Å². The Kier molecular flexibility index (Phi) is 24.5. The standard InChI is InChI=1S/C5H9NO2S2.2BrH.Pd/c1-6(5(9)10)3-4(7)8-2;;;/h3H2,1-2H3,(H,9,10);2*1H;/q;;;+2/p-2. The first kappa shape index (κ1) is 23.9. The van der Waals surface area contributed by atoms with Crippen LogP contribution in [0.4, 0.5) is 0 Å². The zero-order valence-corrected chi connectivity index (χ0v) is 13.3. The zero-order valence-electron chi connectivity index (χ0n) is 6.90. The van der Waals surface area contributed by atoms with E-state index in [0.717, 1.165) is 0 Å². The van der Waals surface area contributed by atoms with Crippen LogP contribution >= 0.6 is 24.8 Å². The summed E-state index contributed by atoms with van der Waals surface area (Å²) in [6.45, 7) is 0.152. The molecular weight excluding hydrogens is 436 g/mol. The number of rotatable bonds is 2. The van der Waals surface area contributed by atoms with Crippen molar-refractivity contribution in [2.45, 2.75) is 0 Å². The van der Waals surface area contributed by atoms with Crippen molar-refractivity contribution in [3.8, 4) is 0 Å². The van der Waals surface area contributed by atoms with Gasteiger partial charge in [0.1, 0.15) is 10.9 Å². The number of carbonyl (C=O) groups is 1. The molecule has 0 amide bonds. The van der Waals surface area contributed by atoms with E-state index >= 15 is 0 Å². The second-order valence-corrected chi connectivity index (χ2v) is 2.83. The Labute approximate surface area is 124 Å². The summed E-state index contributed by atoms with van der Waals surface area (Å²) < 4.78 is 4.78. The van der Waals surface area contributed by atoms with E-state index in [9.17, 15) is 4.79 Å². The van der Waals surface area contributed by atoms with E-state index in [2.05, 4.69) is 29.6 Å². The summed E-state index contributed by atoms with van der Waals surface area (Å²) in [6.07, 6.45) is 0. The fourth-order valence-corrected chi connectivity index (χ4v) is 0.461. The van der Waals surface area contributed by atoms with Gasteiger partial charge in [-0.25, -0.2) is 0 Å². The maximum Gasteiger partial charge on any atom is 2.00 e. The van der Waals surface area contributed by atoms with Gasteiger partial charge in [-0.1, -0.05) is 12.2 Å². The number of hydrogen-bond acceptors (Lipinski definition) is 3. The predicted octanol–water partition coefficient (Wildman–Crippen LogP) is -5.69. The number of ether oxygens (including phenoxy) is 1. The van der Waals surface area contributed by atoms with Crippen LogP contribution in [0.15, 0.2) is 0 Å². The first-order valence-electron chi connectivity index (χ1n) is 2.58. The number of methoxy groups -OCH3 is 1. The maximum absolute atomic E-state index is 10.6. The van der Waals surface area contributed by atoms with Crippen LogP contribution in [0.5, 0.6) is 0 Å². The zero-order chi connectivity index (χ0) is 8.15. The van der Waals surface area contributed by atoms with E-state index in [0.29, 0.717) is 4.32 Å². The molecule has 0 aromatic carbocycles. The molecule has 0 unspecified atom stereocenters. The number of nitrogens with zero attached hydrogens (tertiary/aromatic N) is 1. The van der Waals surface area contributed by atoms with Gasteiger partial charge in [-0.3, -0.25) is 4.79 Å². The monoisotopic (exact) mass is 443 g/mol. The van der Waals surface area contributed by atoms with Crippen LogP contribution in [0.25, 0.3) is 0 Å². The summed E-state index contributed by atoms with van der Waals surface area (Å²) >= 11 is 8.52. The molecule has 0 saturated heterocycles. The van der Waals surface area contributed by atoms with E-state index < -0.39 is 0 Å². The SMILES string of the molecule is COC(=O)CN(C)C(=S)S.[Br-].[Br-].[Pd+2]. The summed E-state index contributed by atoms with van der Waals surface area (Å²) in [4.78, 5) is 12.1. The Hall–Kier alpha value is 1.33. The predicted molar refractivity (Wildman–Crippen MR) is 46.2 cm³/mol. The molecular formula is C5H9Br2NO2PdS2. The number of hydrogen-bond donors (Lipinski definition) is 1. The van der Waals surface area contributed by atoms with E-state index in [-0.39, 0.29) is 66.9 Å². The van der Waals surface area contributed by atoms with Crippen molar-refractivity contribution in [1.82, 2.24) is 4.90 Å². The molecule has 0 aliphatic heterocycles. The number of carbonyl (C=O) groups excluding carboxylic acids is 1. The molecule has 3 nitrogen and oxygen atoms in total. The van der Waals surface area contributed by atoms with Gasteiger partial charge in [-0.15, -0.1) is 12.6 Å². The van der Waals surface area contributed by atoms with E-state index in [1.807, 2.05) is 0 Å². The molecule has 0 atom stereocenters. The Bertz CT molecular complexity index is 161. The third-order valence-corrected chi connectivity index (χ3v) is 1.57. The molecule has 0 N–H and O–H groups in total. The van der Waals surface area contributed by atoms with Gasteiger partial charge in [0.05, 0.1) is 7.11 Å². The molecule has 0 aliphatic rings. The van der Waals surface area contributed by atoms with Crippen LogP contribution in [0, 0.1) is 0 Å². The van der Waals surface area contributed by atoms with Crippen molar-refractivity contribution >= 4 is 35.1 Å². The molecule has 0 aromatic rings. The molecule has 82 valence electrons. The molecule has 0 saturated carbocycles. The van der Waals surface area contributed by atoms with Crippen LogP contribution in [-0.4, -0.2) is 35.9 Å². The van der Waals surface area contributed by atoms with Crippen LogP contribution < -0.4 is 34.0 Å². The van der Waals surface area contributed by atoms with Crippen molar-refractivity contribution in [2.24, 2.45) is 0 Å². The molecule has 0 aromatic heterocycles. The largest absolute Gasteiger partial charge is 2.00 e. The first-order chi connectivity index (χ1) is 4.57. The fraction of sp³-hybridized carbons (Fsp3) is 0.600. The molecule has 0 spiro atoms. The molecule has 0 radical (unpaired) electrons. The smallest absolute Gasteiger partial charge is 1.00 e. The van der Waals surface area contributed by atoms with Crippen molar-refractivity contribution in [3.05, 3.63) is 0 Å². The number of halogens is 2. The van der Waals surface area contributed by atoms with Crippen molar-refractivity contribution in [2.75, 3.05) is 20.7 Å². The summed E-state index contributed by atoms with van der Waals surface area (Å²) in [5, 5.41) is 0. The molecule has 0 bridgehead atoms. The number of likely N-dealkylation sites (N-methyl/N-ethyl adjacent to an activating group) is 1. The van der Waals surface area contributed by atoms with Crippen molar-refractivity contribution < 1.29 is 63.9 Å². The molecule has 13 heavy (non-hydrogen) atoms. The summed E-state index contributed by atoms with van der Waals surface area (Å²) in [5.74, 6) is -0.320. The van der Waals surface area contributed by atoms with Gasteiger partial charge in [-0.2, -0.15) is 0 Å². The van der Waals surface area contributed by atoms with Crippen LogP contribution in [-0.2, 0) is 30.0 Å². The van der Waals surface area contributed by atoms with Crippen LogP contribution in [0.2, 0.25) is 0 Å². The number of thiocarbonyl (C=S) groups is 1. The van der Waals surface area contributed by atoms with Crippen LogP contribution in [0.3, 0.4) is 0 Å². The van der Waals surface area contributed by atoms with Gasteiger partial charge in [-0.05, 0) is 0 Å². The fourth-order valence-electron chi connectivity index (χ4n) is 0.326. The topological polar surface area (TPSA) is 29.5 Å². The molecule has 8 heteroatoms. The second kappa shape index (κ2) is 13.3. The van der Waals surface area contributed by atoms with Gasteiger partial charge in [0.15, 0.2) is 0 Å². The molecule has 0 rings (SSSR count). The first-order valence-corrected chi connectivity index (χ1v) is 3.44. The number of esters is 1. The van der Waals surface area contributed by atoms with Crippen molar-refractivity contribution in [3.63, 3.8) is 0 Å². The van der Waals surface area contributed by atoms with Gasteiger partial charge < -0.3 is 43.6 Å². The Morgan fingerprint density at radius 1 is 1.54 bits per heavy atom. The van der Waals surface area contributed by atoms with Crippen molar-refractivity contribution in [1.29, 1.82) is 0 Å². The average molecular weight is 445 g/mol. The Balaban J connectivity index is -0.000000135. The number of thiol groups is 1. The van der Waals surface area contributed by atoms with Gasteiger partial charge in [0, 0.05) is 7.05 Å². The second-order valence-electron chi connectivity index (χ2n) is 1.71. The third-order valence-electron chi connectivity index (χ3n) is 0.920. The van der Waals surface area contributed by atoms with E-state index in [1.165, 1.54) is 12.0 Å². The van der Waals surface area contributed by atoms with E-state index in [4.69, 9.17) is 0 Å². The third kappa shape index (κ3) is 13.3. The summed E-state index contributed by atoms with van der Waals surface area (Å²) in [7, 11) is 3.00. The maximum atomic E-state index is 10.6. The Morgan fingerprint density at radius 2 is 1.92 bits per heavy atom. The molecule has 0 aliphatic carbocycles. The Morgan fingerprint density at radius 3 is 2.15 bits per heavy atom. The van der Waals surface area contributed by atoms with Crippen LogP contribution in [0.1, 0.15) is 0 Å².